The standard InChI is InChI=1S/C23H16N6O/c30-23(27-19-6-2-7-20(14-19)28-11-10-24-16-28)18-5-1-4-17(12-18)13-21-15-25-22-8-3-9-26-29(21)22/h1-16H/p+1. The third kappa shape index (κ3) is 3.51. The molecule has 0 spiro atoms. The van der Waals surface area contributed by atoms with Gasteiger partial charge >= 0.3 is 5.82 Å². The Labute approximate surface area is 172 Å². The molecule has 0 atom stereocenters. The monoisotopic (exact) mass is 393 g/mol. The number of benzene rings is 2. The maximum Gasteiger partial charge on any atom is 0.348 e. The highest BCUT2D eigenvalue weighted by atomic mass is 16.1. The van der Waals surface area contributed by atoms with Crippen molar-refractivity contribution in [2.45, 2.75) is 0 Å². The van der Waals surface area contributed by atoms with Crippen molar-refractivity contribution >= 4 is 35.4 Å². The number of anilines is 1. The van der Waals surface area contributed by atoms with Gasteiger partial charge in [0.05, 0.1) is 12.5 Å². The highest BCUT2D eigenvalue weighted by Crippen LogP contribution is 2.18. The number of allylic oxidation sites excluding steroid dienone is 1. The Bertz CT molecular complexity index is 1290. The van der Waals surface area contributed by atoms with Gasteiger partial charge in [-0.05, 0) is 53.0 Å². The zero-order valence-electron chi connectivity index (χ0n) is 15.9. The third-order valence-corrected chi connectivity index (χ3v) is 4.67. The normalized spacial score (nSPS) is 13.4. The van der Waals surface area contributed by atoms with E-state index in [0.717, 1.165) is 22.8 Å². The lowest BCUT2D eigenvalue weighted by atomic mass is 10.1. The molecule has 0 saturated heterocycles. The smallest absolute Gasteiger partial charge is 0.322 e. The maximum absolute atomic E-state index is 12.8. The highest BCUT2D eigenvalue weighted by Gasteiger charge is 2.21. The summed E-state index contributed by atoms with van der Waals surface area (Å²) < 4.78 is 3.64. The number of nitrogens with one attached hydrogen (secondary N) is 1. The molecule has 144 valence electrons. The molecule has 1 amide bonds. The molecular formula is C23H17N6O+. The maximum atomic E-state index is 12.8. The van der Waals surface area contributed by atoms with E-state index in [1.807, 2.05) is 71.4 Å². The summed E-state index contributed by atoms with van der Waals surface area (Å²) in [5, 5.41) is 7.28. The molecule has 0 unspecified atom stereocenters. The summed E-state index contributed by atoms with van der Waals surface area (Å²) >= 11 is 0. The summed E-state index contributed by atoms with van der Waals surface area (Å²) in [6.45, 7) is 0. The molecule has 30 heavy (non-hydrogen) atoms. The molecule has 4 aromatic rings. The van der Waals surface area contributed by atoms with Crippen LogP contribution in [0.2, 0.25) is 0 Å². The van der Waals surface area contributed by atoms with Crippen LogP contribution < -0.4 is 10.00 Å². The molecule has 0 radical (unpaired) electrons. The molecule has 0 fully saturated rings. The number of hydrogen-bond acceptors (Lipinski definition) is 4. The number of aliphatic imine (C=N–C) groups is 1. The van der Waals surface area contributed by atoms with Crippen molar-refractivity contribution in [2.75, 3.05) is 5.32 Å². The minimum atomic E-state index is -0.177. The van der Waals surface area contributed by atoms with Gasteiger partial charge in [0.25, 0.3) is 5.91 Å². The molecule has 3 heterocycles. The van der Waals surface area contributed by atoms with Crippen molar-refractivity contribution < 1.29 is 9.48 Å². The second-order valence-electron chi connectivity index (χ2n) is 6.72. The van der Waals surface area contributed by atoms with Gasteiger partial charge in [-0.1, -0.05) is 28.0 Å². The number of hydrogen-bond donors (Lipinski definition) is 1. The number of imidazole rings is 1. The lowest BCUT2D eigenvalue weighted by Crippen LogP contribution is -2.33. The fourth-order valence-electron chi connectivity index (χ4n) is 3.25. The number of amides is 1. The molecule has 7 nitrogen and oxygen atoms in total. The van der Waals surface area contributed by atoms with Gasteiger partial charge in [0.15, 0.2) is 6.21 Å². The Morgan fingerprint density at radius 2 is 1.97 bits per heavy atom. The number of nitrogens with zero attached hydrogens (tertiary/aromatic N) is 5. The van der Waals surface area contributed by atoms with Crippen LogP contribution in [0.1, 0.15) is 15.9 Å². The van der Waals surface area contributed by atoms with Crippen LogP contribution in [0.15, 0.2) is 90.6 Å². The van der Waals surface area contributed by atoms with Crippen LogP contribution >= 0.6 is 0 Å². The Morgan fingerprint density at radius 3 is 2.87 bits per heavy atom. The van der Waals surface area contributed by atoms with E-state index in [9.17, 15) is 4.79 Å². The molecule has 2 aromatic carbocycles. The number of rotatable bonds is 4. The van der Waals surface area contributed by atoms with Crippen LogP contribution in [0.25, 0.3) is 17.5 Å². The van der Waals surface area contributed by atoms with E-state index in [0.29, 0.717) is 11.3 Å². The van der Waals surface area contributed by atoms with E-state index < -0.39 is 0 Å². The number of carbonyl (C=O) groups is 1. The zero-order valence-corrected chi connectivity index (χ0v) is 15.9. The molecule has 1 N–H and O–H groups in total. The van der Waals surface area contributed by atoms with Crippen molar-refractivity contribution in [3.8, 4) is 5.69 Å². The molecule has 1 aliphatic rings. The van der Waals surface area contributed by atoms with Crippen LogP contribution in [0.5, 0.6) is 0 Å². The van der Waals surface area contributed by atoms with Gasteiger partial charge in [0.2, 0.25) is 5.70 Å². The first-order valence-corrected chi connectivity index (χ1v) is 9.40. The minimum absolute atomic E-state index is 0.177. The average molecular weight is 393 g/mol. The van der Waals surface area contributed by atoms with Crippen LogP contribution in [0.4, 0.5) is 11.5 Å². The van der Waals surface area contributed by atoms with Crippen molar-refractivity contribution in [1.29, 1.82) is 0 Å². The zero-order chi connectivity index (χ0) is 20.3. The minimum Gasteiger partial charge on any atom is -0.322 e. The molecule has 5 rings (SSSR count). The van der Waals surface area contributed by atoms with Gasteiger partial charge < -0.3 is 9.88 Å². The number of fused-ring (bicyclic) bond motifs is 1. The van der Waals surface area contributed by atoms with Crippen LogP contribution in [-0.4, -0.2) is 26.8 Å². The topological polar surface area (TPSA) is 76.0 Å². The average Bonchev–Trinajstić information content (AvgIpc) is 3.45. The van der Waals surface area contributed by atoms with Crippen molar-refractivity contribution in [1.82, 2.24) is 14.6 Å². The van der Waals surface area contributed by atoms with E-state index in [1.54, 1.807) is 35.7 Å². The lowest BCUT2D eigenvalue weighted by molar-refractivity contribution is -0.624. The SMILES string of the molecule is O=C(Nc1cccc(-n2ccnc2)c1)c1cccc(C=C2C=Nc3cccn[n+]32)c1. The molecule has 0 bridgehead atoms. The van der Waals surface area contributed by atoms with Gasteiger partial charge in [-0.2, -0.15) is 0 Å². The van der Waals surface area contributed by atoms with Crippen LogP contribution in [-0.2, 0) is 0 Å². The number of aromatic nitrogens is 4. The van der Waals surface area contributed by atoms with Crippen molar-refractivity contribution in [3.63, 3.8) is 0 Å². The lowest BCUT2D eigenvalue weighted by Gasteiger charge is -2.08. The molecule has 7 heteroatoms. The van der Waals surface area contributed by atoms with Crippen molar-refractivity contribution in [2.24, 2.45) is 4.99 Å². The quantitative estimate of drug-likeness (QED) is 0.539. The van der Waals surface area contributed by atoms with Crippen LogP contribution in [0.3, 0.4) is 0 Å². The Kier molecular flexibility index (Phi) is 4.46. The summed E-state index contributed by atoms with van der Waals surface area (Å²) in [6.07, 6.45) is 10.7. The van der Waals surface area contributed by atoms with Crippen LogP contribution in [0, 0.1) is 0 Å². The molecule has 2 aromatic heterocycles. The van der Waals surface area contributed by atoms with E-state index in [2.05, 4.69) is 20.4 Å². The van der Waals surface area contributed by atoms with E-state index in [4.69, 9.17) is 0 Å². The van der Waals surface area contributed by atoms with Gasteiger partial charge in [0, 0.05) is 35.4 Å². The molecule has 0 aliphatic carbocycles. The third-order valence-electron chi connectivity index (χ3n) is 4.67. The molecule has 1 aliphatic heterocycles. The summed E-state index contributed by atoms with van der Waals surface area (Å²) in [7, 11) is 0. The predicted octanol–water partition coefficient (Wildman–Crippen LogP) is 3.52. The Balaban J connectivity index is 1.37. The first-order chi connectivity index (χ1) is 14.8. The molecular weight excluding hydrogens is 376 g/mol. The van der Waals surface area contributed by atoms with Gasteiger partial charge in [0.1, 0.15) is 0 Å². The first-order valence-electron chi connectivity index (χ1n) is 9.40. The summed E-state index contributed by atoms with van der Waals surface area (Å²) in [5.41, 5.74) is 3.94. The first kappa shape index (κ1) is 17.7. The second kappa shape index (κ2) is 7.56. The largest absolute Gasteiger partial charge is 0.348 e. The van der Waals surface area contributed by atoms with E-state index in [-0.39, 0.29) is 5.91 Å². The van der Waals surface area contributed by atoms with E-state index in [1.165, 1.54) is 0 Å². The fraction of sp³-hybridized carbons (Fsp3) is 0. The Hall–Kier alpha value is -4.39. The fourth-order valence-corrected chi connectivity index (χ4v) is 3.25. The van der Waals surface area contributed by atoms with Gasteiger partial charge in [-0.15, -0.1) is 0 Å². The summed E-state index contributed by atoms with van der Waals surface area (Å²) in [5.74, 6) is 0.597. The number of carbonyl (C=O) groups excluding carboxylic acids is 1. The van der Waals surface area contributed by atoms with E-state index >= 15 is 0 Å². The van der Waals surface area contributed by atoms with Gasteiger partial charge in [-0.25, -0.2) is 4.98 Å². The summed E-state index contributed by atoms with van der Waals surface area (Å²) in [6, 6.07) is 18.8. The summed E-state index contributed by atoms with van der Waals surface area (Å²) in [4.78, 5) is 21.2. The highest BCUT2D eigenvalue weighted by molar-refractivity contribution is 6.08. The second-order valence-corrected chi connectivity index (χ2v) is 6.72. The van der Waals surface area contributed by atoms with Crippen molar-refractivity contribution in [3.05, 3.63) is 96.7 Å². The molecule has 0 saturated carbocycles. The Morgan fingerprint density at radius 1 is 1.03 bits per heavy atom. The predicted molar refractivity (Wildman–Crippen MR) is 115 cm³/mol. The van der Waals surface area contributed by atoms with Gasteiger partial charge in [-0.3, -0.25) is 4.79 Å².